The van der Waals surface area contributed by atoms with Crippen molar-refractivity contribution in [1.82, 2.24) is 14.5 Å². The first kappa shape index (κ1) is 23.2. The molecule has 33 heavy (non-hydrogen) atoms. The fourth-order valence-electron chi connectivity index (χ4n) is 4.01. The van der Waals surface area contributed by atoms with E-state index in [1.165, 1.54) is 16.4 Å². The molecule has 10 heteroatoms. The minimum absolute atomic E-state index is 0.0363. The van der Waals surface area contributed by atoms with Gasteiger partial charge in [0.05, 0.1) is 18.1 Å². The highest BCUT2D eigenvalue weighted by Crippen LogP contribution is 2.21. The summed E-state index contributed by atoms with van der Waals surface area (Å²) in [7, 11) is -3.67. The number of hydrogen-bond donors (Lipinski definition) is 2. The lowest BCUT2D eigenvalue weighted by molar-refractivity contribution is 0.0707. The molecule has 9 nitrogen and oxygen atoms in total. The van der Waals surface area contributed by atoms with Crippen molar-refractivity contribution >= 4 is 27.6 Å². The summed E-state index contributed by atoms with van der Waals surface area (Å²) in [6.07, 6.45) is 1.25. The van der Waals surface area contributed by atoms with E-state index in [1.807, 2.05) is 30.3 Å². The fraction of sp³-hybridized carbons (Fsp3) is 0.391. The van der Waals surface area contributed by atoms with E-state index in [0.717, 1.165) is 5.69 Å². The molecule has 0 saturated carbocycles. The number of anilines is 1. The monoisotopic (exact) mass is 472 g/mol. The molecule has 2 aliphatic rings. The maximum atomic E-state index is 13.0. The number of carbonyl (C=O) groups is 2. The van der Waals surface area contributed by atoms with Crippen LogP contribution in [0.25, 0.3) is 0 Å². The number of likely N-dealkylation sites (tertiary alicyclic amines) is 1. The second-order valence-corrected chi connectivity index (χ2v) is 10.0. The number of morpholine rings is 1. The number of amides is 3. The average molecular weight is 473 g/mol. The number of hydrogen-bond acceptors (Lipinski definition) is 5. The van der Waals surface area contributed by atoms with Crippen molar-refractivity contribution in [2.75, 3.05) is 44.7 Å². The quantitative estimate of drug-likeness (QED) is 0.693. The van der Waals surface area contributed by atoms with E-state index in [1.54, 1.807) is 17.0 Å². The topological polar surface area (TPSA) is 108 Å². The van der Waals surface area contributed by atoms with Crippen molar-refractivity contribution in [2.24, 2.45) is 0 Å². The molecule has 0 spiro atoms. The van der Waals surface area contributed by atoms with Crippen molar-refractivity contribution in [3.05, 3.63) is 60.2 Å². The summed E-state index contributed by atoms with van der Waals surface area (Å²) < 4.78 is 32.5. The summed E-state index contributed by atoms with van der Waals surface area (Å²) >= 11 is 0. The molecule has 2 heterocycles. The fourth-order valence-corrected chi connectivity index (χ4v) is 5.46. The standard InChI is InChI=1S/C23H28N4O5S/c28-22(18-5-4-8-21(17-18)33(30,31)27-13-15-32-16-14-27)26-11-9-20(10-12-26)25-23(29)24-19-6-2-1-3-7-19/h1-8,17,20H,9-16H2,(H2,24,25,29). The van der Waals surface area contributed by atoms with Gasteiger partial charge in [0.25, 0.3) is 5.91 Å². The van der Waals surface area contributed by atoms with E-state index in [0.29, 0.717) is 57.8 Å². The van der Waals surface area contributed by atoms with Crippen molar-refractivity contribution in [3.63, 3.8) is 0 Å². The molecule has 0 atom stereocenters. The summed E-state index contributed by atoms with van der Waals surface area (Å²) in [5.41, 5.74) is 1.06. The average Bonchev–Trinajstić information content (AvgIpc) is 2.85. The van der Waals surface area contributed by atoms with Crippen LogP contribution in [0.3, 0.4) is 0 Å². The van der Waals surface area contributed by atoms with E-state index in [4.69, 9.17) is 4.74 Å². The number of nitrogens with one attached hydrogen (secondary N) is 2. The first-order chi connectivity index (χ1) is 15.9. The van der Waals surface area contributed by atoms with Gasteiger partial charge in [0.2, 0.25) is 10.0 Å². The van der Waals surface area contributed by atoms with Crippen LogP contribution in [-0.4, -0.2) is 75.0 Å². The van der Waals surface area contributed by atoms with Gasteiger partial charge in [0.15, 0.2) is 0 Å². The third kappa shape index (κ3) is 5.70. The molecule has 0 bridgehead atoms. The van der Waals surface area contributed by atoms with Crippen LogP contribution in [0.4, 0.5) is 10.5 Å². The van der Waals surface area contributed by atoms with Gasteiger partial charge in [-0.15, -0.1) is 0 Å². The van der Waals surface area contributed by atoms with Crippen LogP contribution < -0.4 is 10.6 Å². The molecule has 0 radical (unpaired) electrons. The Morgan fingerprint density at radius 2 is 1.61 bits per heavy atom. The van der Waals surface area contributed by atoms with Gasteiger partial charge in [-0.2, -0.15) is 4.31 Å². The summed E-state index contributed by atoms with van der Waals surface area (Å²) in [5, 5.41) is 5.75. The van der Waals surface area contributed by atoms with E-state index in [-0.39, 0.29) is 22.9 Å². The van der Waals surface area contributed by atoms with Crippen LogP contribution in [0.5, 0.6) is 0 Å². The summed E-state index contributed by atoms with van der Waals surface area (Å²) in [5.74, 6) is -0.207. The van der Waals surface area contributed by atoms with Gasteiger partial charge in [0.1, 0.15) is 0 Å². The number of sulfonamides is 1. The lowest BCUT2D eigenvalue weighted by Gasteiger charge is -2.32. The Morgan fingerprint density at radius 3 is 2.30 bits per heavy atom. The van der Waals surface area contributed by atoms with Gasteiger partial charge in [-0.05, 0) is 43.2 Å². The molecular weight excluding hydrogens is 444 g/mol. The lowest BCUT2D eigenvalue weighted by atomic mass is 10.0. The zero-order valence-electron chi connectivity index (χ0n) is 18.3. The molecule has 2 N–H and O–H groups in total. The van der Waals surface area contributed by atoms with Crippen molar-refractivity contribution in [3.8, 4) is 0 Å². The molecule has 3 amide bonds. The number of piperidine rings is 1. The Balaban J connectivity index is 1.33. The molecular formula is C23H28N4O5S. The highest BCUT2D eigenvalue weighted by atomic mass is 32.2. The molecule has 176 valence electrons. The van der Waals surface area contributed by atoms with Crippen LogP contribution in [0, 0.1) is 0 Å². The first-order valence-corrected chi connectivity index (χ1v) is 12.5. The SMILES string of the molecule is O=C(Nc1ccccc1)NC1CCN(C(=O)c2cccc(S(=O)(=O)N3CCOCC3)c2)CC1. The van der Waals surface area contributed by atoms with Gasteiger partial charge in [0, 0.05) is 43.5 Å². The minimum atomic E-state index is -3.67. The highest BCUT2D eigenvalue weighted by Gasteiger charge is 2.29. The van der Waals surface area contributed by atoms with Gasteiger partial charge < -0.3 is 20.3 Å². The number of nitrogens with zero attached hydrogens (tertiary/aromatic N) is 2. The predicted octanol–water partition coefficient (Wildman–Crippen LogP) is 2.13. The Hall–Kier alpha value is -2.95. The summed E-state index contributed by atoms with van der Waals surface area (Å²) in [4.78, 5) is 27.0. The lowest BCUT2D eigenvalue weighted by Crippen LogP contribution is -2.47. The maximum absolute atomic E-state index is 13.0. The largest absolute Gasteiger partial charge is 0.379 e. The van der Waals surface area contributed by atoms with Crippen molar-refractivity contribution in [1.29, 1.82) is 0 Å². The number of urea groups is 1. The molecule has 2 aliphatic heterocycles. The molecule has 4 rings (SSSR count). The van der Waals surface area contributed by atoms with Crippen LogP contribution in [0.2, 0.25) is 0 Å². The number of rotatable bonds is 5. The Bertz CT molecular complexity index is 1080. The van der Waals surface area contributed by atoms with Crippen LogP contribution >= 0.6 is 0 Å². The molecule has 2 fully saturated rings. The predicted molar refractivity (Wildman–Crippen MR) is 124 cm³/mol. The number of carbonyl (C=O) groups excluding carboxylic acids is 2. The minimum Gasteiger partial charge on any atom is -0.379 e. The molecule has 2 aromatic carbocycles. The maximum Gasteiger partial charge on any atom is 0.319 e. The van der Waals surface area contributed by atoms with E-state index < -0.39 is 10.0 Å². The van der Waals surface area contributed by atoms with Gasteiger partial charge in [-0.1, -0.05) is 24.3 Å². The van der Waals surface area contributed by atoms with E-state index >= 15 is 0 Å². The van der Waals surface area contributed by atoms with Crippen LogP contribution in [0.15, 0.2) is 59.5 Å². The van der Waals surface area contributed by atoms with Crippen LogP contribution in [0.1, 0.15) is 23.2 Å². The van der Waals surface area contributed by atoms with Gasteiger partial charge in [-0.25, -0.2) is 13.2 Å². The normalized spacial score (nSPS) is 18.0. The second-order valence-electron chi connectivity index (χ2n) is 8.08. The Morgan fingerprint density at radius 1 is 0.909 bits per heavy atom. The zero-order chi connectivity index (χ0) is 23.3. The molecule has 0 unspecified atom stereocenters. The molecule has 0 aliphatic carbocycles. The number of benzene rings is 2. The van der Waals surface area contributed by atoms with Gasteiger partial charge in [-0.3, -0.25) is 4.79 Å². The Kier molecular flexibility index (Phi) is 7.26. The number of para-hydroxylation sites is 1. The van der Waals surface area contributed by atoms with Crippen molar-refractivity contribution in [2.45, 2.75) is 23.8 Å². The first-order valence-electron chi connectivity index (χ1n) is 11.0. The Labute approximate surface area is 193 Å². The van der Waals surface area contributed by atoms with Crippen LogP contribution in [-0.2, 0) is 14.8 Å². The molecule has 2 saturated heterocycles. The zero-order valence-corrected chi connectivity index (χ0v) is 19.1. The van der Waals surface area contributed by atoms with Crippen molar-refractivity contribution < 1.29 is 22.7 Å². The van der Waals surface area contributed by atoms with Gasteiger partial charge >= 0.3 is 6.03 Å². The molecule has 2 aromatic rings. The highest BCUT2D eigenvalue weighted by molar-refractivity contribution is 7.89. The van der Waals surface area contributed by atoms with E-state index in [9.17, 15) is 18.0 Å². The van der Waals surface area contributed by atoms with E-state index in [2.05, 4.69) is 10.6 Å². The summed E-state index contributed by atoms with van der Waals surface area (Å²) in [6.45, 7) is 2.30. The summed E-state index contributed by atoms with van der Waals surface area (Å²) in [6, 6.07) is 15.1. The third-order valence-electron chi connectivity index (χ3n) is 5.84. The molecule has 0 aromatic heterocycles. The second kappa shape index (κ2) is 10.3. The third-order valence-corrected chi connectivity index (χ3v) is 7.73. The number of ether oxygens (including phenoxy) is 1. The smallest absolute Gasteiger partial charge is 0.319 e.